The van der Waals surface area contributed by atoms with Gasteiger partial charge in [-0.1, -0.05) is 88.6 Å². The molecular formula is C24H37NO5. The van der Waals surface area contributed by atoms with Crippen LogP contribution in [0.25, 0.3) is 0 Å². The number of ether oxygens (including phenoxy) is 2. The van der Waals surface area contributed by atoms with Gasteiger partial charge in [0, 0.05) is 13.0 Å². The molecule has 1 N–H and O–H groups in total. The summed E-state index contributed by atoms with van der Waals surface area (Å²) in [5.41, 5.74) is 0.870. The molecule has 0 bridgehead atoms. The van der Waals surface area contributed by atoms with Crippen molar-refractivity contribution in [3.63, 3.8) is 0 Å². The van der Waals surface area contributed by atoms with E-state index in [0.29, 0.717) is 13.0 Å². The standard InChI is InChI=1S/C24H37NO5/c1-2-3-4-5-6-7-8-9-13-16-29-21-17-22(23(26)27)25(18-21)24(28)30-19-20-14-11-10-12-15-20/h10-12,14-15,21-22H,2-9,13,16-19H2,1H3,(H,26,27)/t21-,22+/m1/s1. The molecule has 0 saturated carbocycles. The summed E-state index contributed by atoms with van der Waals surface area (Å²) in [5, 5.41) is 9.48. The lowest BCUT2D eigenvalue weighted by atomic mass is 10.1. The van der Waals surface area contributed by atoms with E-state index in [1.54, 1.807) is 0 Å². The van der Waals surface area contributed by atoms with E-state index in [4.69, 9.17) is 9.47 Å². The minimum atomic E-state index is -1.01. The Morgan fingerprint density at radius 1 is 1.00 bits per heavy atom. The number of carboxylic acid groups (broad SMARTS) is 1. The molecule has 2 rings (SSSR count). The highest BCUT2D eigenvalue weighted by Crippen LogP contribution is 2.22. The lowest BCUT2D eigenvalue weighted by Crippen LogP contribution is -2.40. The number of nitrogens with zero attached hydrogens (tertiary/aromatic N) is 1. The smallest absolute Gasteiger partial charge is 0.410 e. The molecule has 1 amide bonds. The summed E-state index contributed by atoms with van der Waals surface area (Å²) in [6, 6.07) is 8.47. The summed E-state index contributed by atoms with van der Waals surface area (Å²) in [7, 11) is 0. The van der Waals surface area contributed by atoms with Crippen molar-refractivity contribution in [2.45, 2.75) is 89.9 Å². The van der Waals surface area contributed by atoms with Gasteiger partial charge in [-0.15, -0.1) is 0 Å². The maximum Gasteiger partial charge on any atom is 0.410 e. The van der Waals surface area contributed by atoms with E-state index in [9.17, 15) is 14.7 Å². The summed E-state index contributed by atoms with van der Waals surface area (Å²) in [4.78, 5) is 25.3. The molecule has 6 heteroatoms. The second-order valence-electron chi connectivity index (χ2n) is 8.10. The summed E-state index contributed by atoms with van der Waals surface area (Å²) in [6.07, 6.45) is 10.7. The molecule has 2 atom stereocenters. The van der Waals surface area contributed by atoms with Crippen LogP contribution in [0.2, 0.25) is 0 Å². The largest absolute Gasteiger partial charge is 0.480 e. The second-order valence-corrected chi connectivity index (χ2v) is 8.10. The molecule has 168 valence electrons. The third-order valence-corrected chi connectivity index (χ3v) is 5.59. The Kier molecular flexibility index (Phi) is 11.3. The fraction of sp³-hybridized carbons (Fsp3) is 0.667. The van der Waals surface area contributed by atoms with Gasteiger partial charge in [0.2, 0.25) is 0 Å². The molecule has 0 unspecified atom stereocenters. The zero-order valence-electron chi connectivity index (χ0n) is 18.3. The topological polar surface area (TPSA) is 76.1 Å². The zero-order valence-corrected chi connectivity index (χ0v) is 18.3. The zero-order chi connectivity index (χ0) is 21.6. The van der Waals surface area contributed by atoms with Crippen molar-refractivity contribution in [2.75, 3.05) is 13.2 Å². The molecule has 0 aliphatic carbocycles. The van der Waals surface area contributed by atoms with Gasteiger partial charge in [-0.05, 0) is 12.0 Å². The summed E-state index contributed by atoms with van der Waals surface area (Å²) < 4.78 is 11.2. The van der Waals surface area contributed by atoms with Gasteiger partial charge >= 0.3 is 12.1 Å². The van der Waals surface area contributed by atoms with E-state index in [1.165, 1.54) is 49.8 Å². The van der Waals surface area contributed by atoms with Crippen molar-refractivity contribution in [3.8, 4) is 0 Å². The van der Waals surface area contributed by atoms with Crippen LogP contribution in [0.1, 0.15) is 76.7 Å². The number of hydrogen-bond donors (Lipinski definition) is 1. The van der Waals surface area contributed by atoms with Crippen LogP contribution in [-0.2, 0) is 20.9 Å². The molecule has 0 aromatic heterocycles. The van der Waals surface area contributed by atoms with Crippen molar-refractivity contribution >= 4 is 12.1 Å². The number of unbranched alkanes of at least 4 members (excludes halogenated alkanes) is 8. The lowest BCUT2D eigenvalue weighted by molar-refractivity contribution is -0.141. The second kappa shape index (κ2) is 14.0. The summed E-state index contributed by atoms with van der Waals surface area (Å²) in [6.45, 7) is 3.24. The van der Waals surface area contributed by atoms with Crippen molar-refractivity contribution < 1.29 is 24.2 Å². The minimum absolute atomic E-state index is 0.131. The number of benzene rings is 1. The number of rotatable bonds is 14. The Hall–Kier alpha value is -2.08. The van der Waals surface area contributed by atoms with Crippen LogP contribution in [0.3, 0.4) is 0 Å². The van der Waals surface area contributed by atoms with Gasteiger partial charge in [0.1, 0.15) is 12.6 Å². The van der Waals surface area contributed by atoms with E-state index in [1.807, 2.05) is 30.3 Å². The third kappa shape index (κ3) is 8.74. The number of aliphatic carboxylic acids is 1. The van der Waals surface area contributed by atoms with Crippen molar-refractivity contribution in [1.29, 1.82) is 0 Å². The third-order valence-electron chi connectivity index (χ3n) is 5.59. The number of carboxylic acids is 1. The van der Waals surface area contributed by atoms with Gasteiger partial charge in [0.15, 0.2) is 0 Å². The Balaban J connectivity index is 1.63. The quantitative estimate of drug-likeness (QED) is 0.409. The molecule has 1 aromatic carbocycles. The number of carbonyl (C=O) groups excluding carboxylic acids is 1. The van der Waals surface area contributed by atoms with Gasteiger partial charge < -0.3 is 14.6 Å². The first-order chi connectivity index (χ1) is 14.6. The van der Waals surface area contributed by atoms with Crippen molar-refractivity contribution in [1.82, 2.24) is 4.90 Å². The highest BCUT2D eigenvalue weighted by atomic mass is 16.6. The van der Waals surface area contributed by atoms with Crippen LogP contribution in [0.4, 0.5) is 4.79 Å². The molecule has 1 heterocycles. The molecule has 0 radical (unpaired) electrons. The lowest BCUT2D eigenvalue weighted by Gasteiger charge is -2.20. The Morgan fingerprint density at radius 2 is 1.63 bits per heavy atom. The highest BCUT2D eigenvalue weighted by Gasteiger charge is 2.41. The first-order valence-corrected chi connectivity index (χ1v) is 11.4. The van der Waals surface area contributed by atoms with Crippen LogP contribution in [0, 0.1) is 0 Å². The van der Waals surface area contributed by atoms with Gasteiger partial charge in [-0.2, -0.15) is 0 Å². The number of carbonyl (C=O) groups is 2. The molecule has 1 aliphatic heterocycles. The van der Waals surface area contributed by atoms with E-state index in [2.05, 4.69) is 6.92 Å². The fourth-order valence-electron chi connectivity index (χ4n) is 3.82. The molecule has 1 aromatic rings. The predicted molar refractivity (Wildman–Crippen MR) is 116 cm³/mol. The van der Waals surface area contributed by atoms with Gasteiger partial charge in [0.25, 0.3) is 0 Å². The maximum absolute atomic E-state index is 12.4. The molecule has 1 aliphatic rings. The molecule has 1 fully saturated rings. The SMILES string of the molecule is CCCCCCCCCCCO[C@@H]1C[C@@H](C(=O)O)N(C(=O)OCc2ccccc2)C1. The molecular weight excluding hydrogens is 382 g/mol. The summed E-state index contributed by atoms with van der Waals surface area (Å²) in [5.74, 6) is -1.01. The van der Waals surface area contributed by atoms with Gasteiger partial charge in [0.05, 0.1) is 12.6 Å². The van der Waals surface area contributed by atoms with Crippen molar-refractivity contribution in [3.05, 3.63) is 35.9 Å². The van der Waals surface area contributed by atoms with Crippen molar-refractivity contribution in [2.24, 2.45) is 0 Å². The van der Waals surface area contributed by atoms with Crippen LogP contribution in [0.5, 0.6) is 0 Å². The normalized spacial score (nSPS) is 18.5. The van der Waals surface area contributed by atoms with E-state index >= 15 is 0 Å². The number of hydrogen-bond acceptors (Lipinski definition) is 4. The Bertz CT molecular complexity index is 621. The molecule has 1 saturated heterocycles. The van der Waals surface area contributed by atoms with E-state index in [0.717, 1.165) is 18.4 Å². The number of amides is 1. The Morgan fingerprint density at radius 3 is 2.27 bits per heavy atom. The van der Waals surface area contributed by atoms with E-state index in [-0.39, 0.29) is 19.3 Å². The summed E-state index contributed by atoms with van der Waals surface area (Å²) >= 11 is 0. The van der Waals surface area contributed by atoms with Crippen LogP contribution in [0.15, 0.2) is 30.3 Å². The first kappa shape index (κ1) is 24.2. The highest BCUT2D eigenvalue weighted by molar-refractivity contribution is 5.80. The average Bonchev–Trinajstić information content (AvgIpc) is 3.19. The Labute approximate surface area is 180 Å². The van der Waals surface area contributed by atoms with Gasteiger partial charge in [-0.25, -0.2) is 9.59 Å². The van der Waals surface area contributed by atoms with E-state index < -0.39 is 18.1 Å². The van der Waals surface area contributed by atoms with Crippen LogP contribution in [-0.4, -0.2) is 47.4 Å². The average molecular weight is 420 g/mol. The fourth-order valence-corrected chi connectivity index (χ4v) is 3.82. The molecule has 0 spiro atoms. The first-order valence-electron chi connectivity index (χ1n) is 11.4. The maximum atomic E-state index is 12.4. The predicted octanol–water partition coefficient (Wildman–Crippen LogP) is 5.40. The minimum Gasteiger partial charge on any atom is -0.480 e. The molecule has 6 nitrogen and oxygen atoms in total. The number of likely N-dealkylation sites (tertiary alicyclic amines) is 1. The van der Waals surface area contributed by atoms with Crippen LogP contribution >= 0.6 is 0 Å². The van der Waals surface area contributed by atoms with Crippen LogP contribution < -0.4 is 0 Å². The molecule has 30 heavy (non-hydrogen) atoms. The monoisotopic (exact) mass is 419 g/mol. The van der Waals surface area contributed by atoms with Gasteiger partial charge in [-0.3, -0.25) is 4.90 Å².